The summed E-state index contributed by atoms with van der Waals surface area (Å²) in [7, 11) is -5.79. The maximum atomic E-state index is 14.4. The van der Waals surface area contributed by atoms with Crippen LogP contribution in [-0.4, -0.2) is 92.9 Å². The van der Waals surface area contributed by atoms with Gasteiger partial charge in [0.2, 0.25) is 17.7 Å². The number of benzene rings is 2. The van der Waals surface area contributed by atoms with E-state index in [0.717, 1.165) is 41.9 Å². The van der Waals surface area contributed by atoms with Crippen molar-refractivity contribution in [2.75, 3.05) is 32.7 Å². The summed E-state index contributed by atoms with van der Waals surface area (Å²) in [6.45, 7) is 8.08. The molecule has 2 aliphatic heterocycles. The second kappa shape index (κ2) is 13.9. The van der Waals surface area contributed by atoms with Gasteiger partial charge in [-0.2, -0.15) is 8.78 Å². The lowest BCUT2D eigenvalue weighted by Gasteiger charge is -2.45. The van der Waals surface area contributed by atoms with Crippen LogP contribution in [0.1, 0.15) is 67.3 Å². The monoisotopic (exact) mass is 718 g/mol. The quantitative estimate of drug-likeness (QED) is 0.299. The molecule has 2 aliphatic rings. The fraction of sp³-hybridized carbons (Fsp3) is 0.471. The number of piperidine rings is 1. The third-order valence-corrected chi connectivity index (χ3v) is 11.3. The zero-order valence-corrected chi connectivity index (χ0v) is 29.5. The number of hydrogen-bond acceptors (Lipinski definition) is 6. The first-order valence-electron chi connectivity index (χ1n) is 16.1. The fourth-order valence-corrected chi connectivity index (χ4v) is 7.88. The van der Waals surface area contributed by atoms with Crippen molar-refractivity contribution in [1.82, 2.24) is 20.0 Å². The Balaban J connectivity index is 1.39. The van der Waals surface area contributed by atoms with Crippen molar-refractivity contribution < 1.29 is 42.3 Å². The van der Waals surface area contributed by atoms with Crippen LogP contribution in [0.2, 0.25) is 0 Å². The van der Waals surface area contributed by atoms with Gasteiger partial charge in [-0.15, -0.1) is 11.3 Å². The van der Waals surface area contributed by atoms with Gasteiger partial charge in [-0.3, -0.25) is 23.7 Å². The van der Waals surface area contributed by atoms with Gasteiger partial charge < -0.3 is 29.8 Å². The van der Waals surface area contributed by atoms with Crippen molar-refractivity contribution in [2.45, 2.75) is 64.2 Å². The Bertz CT molecular complexity index is 1790. The lowest BCUT2D eigenvalue weighted by atomic mass is 9.85. The van der Waals surface area contributed by atoms with E-state index in [1.54, 1.807) is 30.6 Å². The molecule has 15 heteroatoms. The van der Waals surface area contributed by atoms with Gasteiger partial charge in [0.05, 0.1) is 11.4 Å². The topological polar surface area (TPSA) is 148 Å². The zero-order valence-electron chi connectivity index (χ0n) is 27.8. The summed E-state index contributed by atoms with van der Waals surface area (Å²) in [5, 5.41) is 2.99. The summed E-state index contributed by atoms with van der Waals surface area (Å²) in [5.41, 5.74) is -4.99. The SMILES string of the molecule is CC(=O)N1CCN(C(=O)C(NC(=O)c2cc3cc(C(F)(F)P(=O)(O)O)ccc3s2)C(C)(C)C)[C@H](C(=O)N2CCC[C@H](c3ccccc3)C2)C1. The van der Waals surface area contributed by atoms with Crippen LogP contribution in [0, 0.1) is 5.41 Å². The molecule has 4 amide bonds. The molecule has 2 saturated heterocycles. The van der Waals surface area contributed by atoms with Crippen molar-refractivity contribution in [3.63, 3.8) is 0 Å². The van der Waals surface area contributed by atoms with Crippen molar-refractivity contribution in [3.05, 3.63) is 70.6 Å². The van der Waals surface area contributed by atoms with Gasteiger partial charge in [0.15, 0.2) is 0 Å². The van der Waals surface area contributed by atoms with Crippen LogP contribution in [0.15, 0.2) is 54.6 Å². The van der Waals surface area contributed by atoms with E-state index >= 15 is 0 Å². The van der Waals surface area contributed by atoms with E-state index in [9.17, 15) is 32.5 Å². The maximum absolute atomic E-state index is 14.4. The molecule has 49 heavy (non-hydrogen) atoms. The number of amides is 4. The number of rotatable bonds is 7. The lowest BCUT2D eigenvalue weighted by Crippen LogP contribution is -2.66. The van der Waals surface area contributed by atoms with Gasteiger partial charge >= 0.3 is 13.3 Å². The minimum Gasteiger partial charge on any atom is -0.340 e. The summed E-state index contributed by atoms with van der Waals surface area (Å²) in [4.78, 5) is 77.8. The number of hydrogen-bond donors (Lipinski definition) is 3. The van der Waals surface area contributed by atoms with Crippen LogP contribution in [0.5, 0.6) is 0 Å². The van der Waals surface area contributed by atoms with Crippen LogP contribution < -0.4 is 5.32 Å². The molecule has 0 aliphatic carbocycles. The summed E-state index contributed by atoms with van der Waals surface area (Å²) in [6, 6.07) is 12.3. The highest BCUT2D eigenvalue weighted by atomic mass is 32.1. The van der Waals surface area contributed by atoms with Crippen LogP contribution in [0.4, 0.5) is 8.78 Å². The fourth-order valence-electron chi connectivity index (χ4n) is 6.46. The van der Waals surface area contributed by atoms with Gasteiger partial charge in [0.1, 0.15) is 12.1 Å². The molecule has 2 fully saturated rings. The van der Waals surface area contributed by atoms with Crippen molar-refractivity contribution >= 4 is 52.6 Å². The number of piperazine rings is 1. The highest BCUT2D eigenvalue weighted by Crippen LogP contribution is 2.59. The Morgan fingerprint density at radius 3 is 2.29 bits per heavy atom. The Hall–Kier alpha value is -3.71. The largest absolute Gasteiger partial charge is 0.399 e. The van der Waals surface area contributed by atoms with Crippen LogP contribution in [0.25, 0.3) is 10.1 Å². The first-order valence-corrected chi connectivity index (χ1v) is 18.5. The first kappa shape index (κ1) is 36.6. The zero-order chi connectivity index (χ0) is 35.9. The number of fused-ring (bicyclic) bond motifs is 1. The Morgan fingerprint density at radius 2 is 1.65 bits per heavy atom. The Labute approximate surface area is 287 Å². The molecule has 3 N–H and O–H groups in total. The molecule has 1 aromatic heterocycles. The van der Waals surface area contributed by atoms with E-state index < -0.39 is 48.1 Å². The number of thiophene rings is 1. The summed E-state index contributed by atoms with van der Waals surface area (Å²) >= 11 is 0.977. The molecule has 5 rings (SSSR count). The number of halogens is 2. The maximum Gasteiger partial charge on any atom is 0.399 e. The van der Waals surface area contributed by atoms with E-state index in [4.69, 9.17) is 9.79 Å². The van der Waals surface area contributed by atoms with E-state index in [2.05, 4.69) is 5.32 Å². The summed E-state index contributed by atoms with van der Waals surface area (Å²) in [6.07, 6.45) is 1.71. The average molecular weight is 719 g/mol. The number of alkyl halides is 2. The normalized spacial score (nSPS) is 19.9. The minimum atomic E-state index is -5.79. The average Bonchev–Trinajstić information content (AvgIpc) is 3.49. The Morgan fingerprint density at radius 1 is 0.959 bits per heavy atom. The third-order valence-electron chi connectivity index (χ3n) is 9.24. The second-order valence-corrected chi connectivity index (χ2v) is 16.5. The molecular formula is C34H41F2N4O7PS. The third kappa shape index (κ3) is 7.72. The predicted molar refractivity (Wildman–Crippen MR) is 181 cm³/mol. The number of carbonyl (C=O) groups excluding carboxylic acids is 4. The standard InChI is InChI=1S/C34H41F2N4O7PS/c1-21(41)38-15-16-40(26(20-38)31(43)39-14-8-11-23(19-39)22-9-6-5-7-10-22)32(44)29(33(2,3)4)37-30(42)28-18-24-17-25(12-13-27(24)49-28)34(35,36)48(45,46)47/h5-7,9-10,12-13,17-18,23,26,29H,8,11,14-16,19-20H2,1-4H3,(H,37,42)(H2,45,46,47)/t23-,26-,29?/m0/s1. The minimum absolute atomic E-state index is 0.0229. The molecule has 0 saturated carbocycles. The highest BCUT2D eigenvalue weighted by molar-refractivity contribution is 7.52. The van der Waals surface area contributed by atoms with Gasteiger partial charge in [-0.25, -0.2) is 0 Å². The molecule has 3 atom stereocenters. The van der Waals surface area contributed by atoms with E-state index in [1.807, 2.05) is 30.3 Å². The second-order valence-electron chi connectivity index (χ2n) is 13.8. The Kier molecular flexibility index (Phi) is 10.4. The molecule has 2 aromatic carbocycles. The molecule has 0 bridgehead atoms. The predicted octanol–water partition coefficient (Wildman–Crippen LogP) is 4.74. The van der Waals surface area contributed by atoms with Crippen molar-refractivity contribution in [1.29, 1.82) is 0 Å². The number of nitrogens with one attached hydrogen (secondary N) is 1. The number of likely N-dealkylation sites (tertiary alicyclic amines) is 1. The van der Waals surface area contributed by atoms with Crippen molar-refractivity contribution in [3.8, 4) is 0 Å². The van der Waals surface area contributed by atoms with Gasteiger partial charge in [-0.05, 0) is 47.4 Å². The van der Waals surface area contributed by atoms with E-state index in [0.29, 0.717) is 17.8 Å². The van der Waals surface area contributed by atoms with Crippen molar-refractivity contribution in [2.24, 2.45) is 5.41 Å². The lowest BCUT2D eigenvalue weighted by molar-refractivity contribution is -0.155. The highest BCUT2D eigenvalue weighted by Gasteiger charge is 2.50. The molecular weight excluding hydrogens is 677 g/mol. The molecule has 3 aromatic rings. The number of carbonyl (C=O) groups is 4. The van der Waals surface area contributed by atoms with Crippen LogP contribution >= 0.6 is 18.9 Å². The molecule has 0 spiro atoms. The molecule has 0 radical (unpaired) electrons. The van der Waals surface area contributed by atoms with Crippen LogP contribution in [0.3, 0.4) is 0 Å². The molecule has 3 heterocycles. The van der Waals surface area contributed by atoms with Crippen LogP contribution in [-0.2, 0) is 24.6 Å². The molecule has 11 nitrogen and oxygen atoms in total. The van der Waals surface area contributed by atoms with Gasteiger partial charge in [-0.1, -0.05) is 57.2 Å². The van der Waals surface area contributed by atoms with E-state index in [1.165, 1.54) is 24.0 Å². The number of nitrogens with zero attached hydrogens (tertiary/aromatic N) is 3. The smallest absolute Gasteiger partial charge is 0.340 e. The molecule has 264 valence electrons. The van der Waals surface area contributed by atoms with E-state index in [-0.39, 0.29) is 47.6 Å². The van der Waals surface area contributed by atoms with Gasteiger partial charge in [0.25, 0.3) is 5.91 Å². The van der Waals surface area contributed by atoms with Gasteiger partial charge in [0, 0.05) is 49.3 Å². The summed E-state index contributed by atoms with van der Waals surface area (Å²) in [5.74, 6) is -1.46. The first-order chi connectivity index (χ1) is 22.9. The molecule has 1 unspecified atom stereocenters. The summed E-state index contributed by atoms with van der Waals surface area (Å²) < 4.78 is 40.6.